The highest BCUT2D eigenvalue weighted by Gasteiger charge is 2.12. The lowest BCUT2D eigenvalue weighted by atomic mass is 10.2. The number of carbonyl (C=O) groups excluding carboxylic acids is 1. The number of halogens is 1. The van der Waals surface area contributed by atoms with Crippen LogP contribution in [-0.4, -0.2) is 5.91 Å². The molecule has 0 aliphatic rings. The average molecular weight is 284 g/mol. The number of hydrogen-bond donors (Lipinski definition) is 2. The van der Waals surface area contributed by atoms with Crippen LogP contribution in [-0.2, 0) is 6.54 Å². The summed E-state index contributed by atoms with van der Waals surface area (Å²) in [5.41, 5.74) is 7.71. The molecule has 0 unspecified atom stereocenters. The minimum atomic E-state index is -0.325. The molecule has 0 radical (unpaired) electrons. The Morgan fingerprint density at radius 1 is 1.14 bits per heavy atom. The minimum absolute atomic E-state index is 0.220. The summed E-state index contributed by atoms with van der Waals surface area (Å²) >= 11 is 0. The number of furan rings is 1. The highest BCUT2D eigenvalue weighted by Crippen LogP contribution is 2.21. The van der Waals surface area contributed by atoms with Gasteiger partial charge < -0.3 is 15.5 Å². The smallest absolute Gasteiger partial charge is 0.287 e. The molecule has 0 spiro atoms. The van der Waals surface area contributed by atoms with Gasteiger partial charge in [0.1, 0.15) is 11.4 Å². The summed E-state index contributed by atoms with van der Waals surface area (Å²) in [6, 6.07) is 12.8. The topological polar surface area (TPSA) is 68.3 Å². The summed E-state index contributed by atoms with van der Waals surface area (Å²) in [5, 5.41) is 3.50. The second-order valence-corrected chi connectivity index (χ2v) is 4.72. The van der Waals surface area contributed by atoms with Gasteiger partial charge in [-0.25, -0.2) is 4.39 Å². The van der Waals surface area contributed by atoms with E-state index in [-0.39, 0.29) is 17.5 Å². The Morgan fingerprint density at radius 2 is 1.90 bits per heavy atom. The molecule has 0 bridgehead atoms. The van der Waals surface area contributed by atoms with E-state index >= 15 is 0 Å². The van der Waals surface area contributed by atoms with E-state index in [1.54, 1.807) is 36.4 Å². The van der Waals surface area contributed by atoms with Gasteiger partial charge in [0.15, 0.2) is 5.76 Å². The molecule has 0 saturated carbocycles. The third-order valence-corrected chi connectivity index (χ3v) is 3.13. The Balaban J connectivity index is 1.73. The van der Waals surface area contributed by atoms with E-state index in [1.165, 1.54) is 12.1 Å². The molecule has 0 fully saturated rings. The van der Waals surface area contributed by atoms with E-state index in [4.69, 9.17) is 10.2 Å². The summed E-state index contributed by atoms with van der Waals surface area (Å²) in [4.78, 5) is 12.0. The van der Waals surface area contributed by atoms with Crippen molar-refractivity contribution in [3.63, 3.8) is 0 Å². The molecule has 3 aromatic rings. The third kappa shape index (κ3) is 2.86. The molecule has 1 heterocycles. The maximum atomic E-state index is 12.8. The average Bonchev–Trinajstić information content (AvgIpc) is 2.89. The Morgan fingerprint density at radius 3 is 2.67 bits per heavy atom. The van der Waals surface area contributed by atoms with Crippen LogP contribution in [0.2, 0.25) is 0 Å². The quantitative estimate of drug-likeness (QED) is 0.726. The molecule has 5 heteroatoms. The van der Waals surface area contributed by atoms with Crippen molar-refractivity contribution in [1.82, 2.24) is 5.32 Å². The van der Waals surface area contributed by atoms with Crippen molar-refractivity contribution in [3.8, 4) is 0 Å². The SMILES string of the molecule is Nc1ccc2oc(C(=O)NCc3ccc(F)cc3)cc2c1. The van der Waals surface area contributed by atoms with Crippen molar-refractivity contribution < 1.29 is 13.6 Å². The van der Waals surface area contributed by atoms with E-state index in [1.807, 2.05) is 0 Å². The lowest BCUT2D eigenvalue weighted by molar-refractivity contribution is 0.0925. The van der Waals surface area contributed by atoms with Crippen LogP contribution in [0.15, 0.2) is 52.9 Å². The Kier molecular flexibility index (Phi) is 3.31. The van der Waals surface area contributed by atoms with E-state index in [9.17, 15) is 9.18 Å². The van der Waals surface area contributed by atoms with Crippen molar-refractivity contribution in [2.45, 2.75) is 6.54 Å². The molecule has 3 rings (SSSR count). The van der Waals surface area contributed by atoms with Gasteiger partial charge >= 0.3 is 0 Å². The Hall–Kier alpha value is -2.82. The number of anilines is 1. The van der Waals surface area contributed by atoms with E-state index < -0.39 is 0 Å². The molecule has 3 N–H and O–H groups in total. The van der Waals surface area contributed by atoms with Gasteiger partial charge in [0, 0.05) is 17.6 Å². The number of fused-ring (bicyclic) bond motifs is 1. The van der Waals surface area contributed by atoms with Gasteiger partial charge in [-0.2, -0.15) is 0 Å². The molecule has 1 aromatic heterocycles. The zero-order chi connectivity index (χ0) is 14.8. The number of nitrogens with one attached hydrogen (secondary N) is 1. The third-order valence-electron chi connectivity index (χ3n) is 3.13. The lowest BCUT2D eigenvalue weighted by Crippen LogP contribution is -2.22. The Labute approximate surface area is 120 Å². The molecule has 0 aliphatic carbocycles. The fraction of sp³-hybridized carbons (Fsp3) is 0.0625. The maximum absolute atomic E-state index is 12.8. The van der Waals surface area contributed by atoms with E-state index in [2.05, 4.69) is 5.32 Å². The van der Waals surface area contributed by atoms with Gasteiger partial charge in [0.05, 0.1) is 0 Å². The van der Waals surface area contributed by atoms with Crippen LogP contribution in [0.25, 0.3) is 11.0 Å². The number of nitrogens with two attached hydrogens (primary N) is 1. The van der Waals surface area contributed by atoms with Gasteiger partial charge in [-0.3, -0.25) is 4.79 Å². The van der Waals surface area contributed by atoms with Crippen molar-refractivity contribution >= 4 is 22.6 Å². The maximum Gasteiger partial charge on any atom is 0.287 e. The number of benzene rings is 2. The molecule has 106 valence electrons. The number of carbonyl (C=O) groups is 1. The highest BCUT2D eigenvalue weighted by molar-refractivity contribution is 5.96. The normalized spacial score (nSPS) is 10.7. The van der Waals surface area contributed by atoms with E-state index in [0.717, 1.165) is 10.9 Å². The first-order valence-electron chi connectivity index (χ1n) is 6.43. The predicted molar refractivity (Wildman–Crippen MR) is 78.2 cm³/mol. The number of nitrogen functional groups attached to an aromatic ring is 1. The van der Waals surface area contributed by atoms with Crippen molar-refractivity contribution in [3.05, 3.63) is 65.7 Å². The predicted octanol–water partition coefficient (Wildman–Crippen LogP) is 3.08. The fourth-order valence-corrected chi connectivity index (χ4v) is 2.05. The zero-order valence-corrected chi connectivity index (χ0v) is 11.1. The minimum Gasteiger partial charge on any atom is -0.451 e. The fourth-order valence-electron chi connectivity index (χ4n) is 2.05. The second kappa shape index (κ2) is 5.28. The van der Waals surface area contributed by atoms with Crippen LogP contribution < -0.4 is 11.1 Å². The van der Waals surface area contributed by atoms with Gasteiger partial charge in [-0.15, -0.1) is 0 Å². The number of amides is 1. The Bertz CT molecular complexity index is 794. The molecule has 2 aromatic carbocycles. The molecule has 1 amide bonds. The number of rotatable bonds is 3. The summed E-state index contributed by atoms with van der Waals surface area (Å²) < 4.78 is 18.3. The molecule has 0 atom stereocenters. The first kappa shape index (κ1) is 13.2. The van der Waals surface area contributed by atoms with Gasteiger partial charge in [-0.1, -0.05) is 12.1 Å². The summed E-state index contributed by atoms with van der Waals surface area (Å²) in [7, 11) is 0. The van der Waals surface area contributed by atoms with Crippen LogP contribution in [0.4, 0.5) is 10.1 Å². The van der Waals surface area contributed by atoms with Crippen molar-refractivity contribution in [2.75, 3.05) is 5.73 Å². The van der Waals surface area contributed by atoms with Crippen LogP contribution >= 0.6 is 0 Å². The van der Waals surface area contributed by atoms with Crippen LogP contribution in [0.3, 0.4) is 0 Å². The number of hydrogen-bond acceptors (Lipinski definition) is 3. The zero-order valence-electron chi connectivity index (χ0n) is 11.1. The molecule has 0 aliphatic heterocycles. The largest absolute Gasteiger partial charge is 0.451 e. The van der Waals surface area contributed by atoms with Crippen molar-refractivity contribution in [1.29, 1.82) is 0 Å². The van der Waals surface area contributed by atoms with Crippen molar-refractivity contribution in [2.24, 2.45) is 0 Å². The first-order valence-corrected chi connectivity index (χ1v) is 6.43. The highest BCUT2D eigenvalue weighted by atomic mass is 19.1. The summed E-state index contributed by atoms with van der Waals surface area (Å²) in [6.45, 7) is 0.304. The molecule has 0 saturated heterocycles. The van der Waals surface area contributed by atoms with Crippen LogP contribution in [0.1, 0.15) is 16.1 Å². The van der Waals surface area contributed by atoms with Gasteiger partial charge in [0.2, 0.25) is 0 Å². The standard InChI is InChI=1S/C16H13FN2O2/c17-12-3-1-10(2-4-12)9-19-16(20)15-8-11-7-13(18)5-6-14(11)21-15/h1-8H,9,18H2,(H,19,20). The molecule has 4 nitrogen and oxygen atoms in total. The van der Waals surface area contributed by atoms with Crippen LogP contribution in [0.5, 0.6) is 0 Å². The van der Waals surface area contributed by atoms with Gasteiger partial charge in [0.25, 0.3) is 5.91 Å². The van der Waals surface area contributed by atoms with Crippen LogP contribution in [0, 0.1) is 5.82 Å². The summed E-state index contributed by atoms with van der Waals surface area (Å²) in [5.74, 6) is -0.410. The molecule has 21 heavy (non-hydrogen) atoms. The molecular formula is C16H13FN2O2. The monoisotopic (exact) mass is 284 g/mol. The first-order chi connectivity index (χ1) is 10.1. The van der Waals surface area contributed by atoms with E-state index in [0.29, 0.717) is 17.8 Å². The van der Waals surface area contributed by atoms with Gasteiger partial charge in [-0.05, 0) is 42.0 Å². The lowest BCUT2D eigenvalue weighted by Gasteiger charge is -2.03. The summed E-state index contributed by atoms with van der Waals surface area (Å²) in [6.07, 6.45) is 0. The second-order valence-electron chi connectivity index (χ2n) is 4.72. The molecular weight excluding hydrogens is 271 g/mol.